The Balaban J connectivity index is 1.78. The minimum absolute atomic E-state index is 0.0177. The summed E-state index contributed by atoms with van der Waals surface area (Å²) >= 11 is 0. The molecule has 2 rings (SSSR count). The molecule has 1 saturated heterocycles. The van der Waals surface area contributed by atoms with Crippen molar-refractivity contribution in [3.8, 4) is 0 Å². The van der Waals surface area contributed by atoms with Crippen LogP contribution in [0.15, 0.2) is 0 Å². The molecule has 1 aliphatic carbocycles. The van der Waals surface area contributed by atoms with Crippen LogP contribution in [0.2, 0.25) is 0 Å². The van der Waals surface area contributed by atoms with Gasteiger partial charge in [0.15, 0.2) is 0 Å². The fraction of sp³-hybridized carbons (Fsp3) is 0.941. The van der Waals surface area contributed by atoms with Crippen molar-refractivity contribution in [3.05, 3.63) is 0 Å². The summed E-state index contributed by atoms with van der Waals surface area (Å²) in [7, 11) is -3.13. The fourth-order valence-electron chi connectivity index (χ4n) is 3.59. The van der Waals surface area contributed by atoms with Crippen LogP contribution in [0, 0.1) is 5.92 Å². The molecule has 134 valence electrons. The molecule has 1 N–H and O–H groups in total. The first kappa shape index (κ1) is 18.7. The van der Waals surface area contributed by atoms with Crippen LogP contribution in [0.4, 0.5) is 0 Å². The van der Waals surface area contributed by atoms with Gasteiger partial charge in [0, 0.05) is 25.0 Å². The van der Waals surface area contributed by atoms with E-state index in [0.29, 0.717) is 38.4 Å². The van der Waals surface area contributed by atoms with Gasteiger partial charge in [-0.05, 0) is 32.1 Å². The van der Waals surface area contributed by atoms with E-state index in [9.17, 15) is 13.2 Å². The summed E-state index contributed by atoms with van der Waals surface area (Å²) in [5.41, 5.74) is 0. The highest BCUT2D eigenvalue weighted by Crippen LogP contribution is 2.22. The molecule has 6 heteroatoms. The van der Waals surface area contributed by atoms with Crippen LogP contribution in [-0.2, 0) is 14.8 Å². The average Bonchev–Trinajstić information content (AvgIpc) is 2.82. The van der Waals surface area contributed by atoms with Crippen LogP contribution >= 0.6 is 0 Å². The zero-order valence-electron chi connectivity index (χ0n) is 14.4. The van der Waals surface area contributed by atoms with Crippen LogP contribution in [0.5, 0.6) is 0 Å². The van der Waals surface area contributed by atoms with E-state index in [4.69, 9.17) is 0 Å². The summed E-state index contributed by atoms with van der Waals surface area (Å²) in [6.45, 7) is 2.99. The van der Waals surface area contributed by atoms with Crippen LogP contribution in [0.3, 0.4) is 0 Å². The predicted molar refractivity (Wildman–Crippen MR) is 92.6 cm³/mol. The molecular formula is C17H32N2O3S. The van der Waals surface area contributed by atoms with Crippen molar-refractivity contribution in [3.63, 3.8) is 0 Å². The molecule has 1 aliphatic heterocycles. The van der Waals surface area contributed by atoms with E-state index in [-0.39, 0.29) is 17.6 Å². The summed E-state index contributed by atoms with van der Waals surface area (Å²) in [5, 5.41) is 3.21. The number of rotatable bonds is 6. The van der Waals surface area contributed by atoms with Crippen molar-refractivity contribution < 1.29 is 13.2 Å². The second-order valence-electron chi connectivity index (χ2n) is 7.04. The lowest BCUT2D eigenvalue weighted by molar-refractivity contribution is -0.126. The second-order valence-corrected chi connectivity index (χ2v) is 9.13. The predicted octanol–water partition coefficient (Wildman–Crippen LogP) is 2.67. The molecule has 0 unspecified atom stereocenters. The maximum atomic E-state index is 12.4. The third-order valence-corrected chi connectivity index (χ3v) is 7.13. The largest absolute Gasteiger partial charge is 0.353 e. The molecule has 23 heavy (non-hydrogen) atoms. The van der Waals surface area contributed by atoms with Crippen molar-refractivity contribution in [2.75, 3.05) is 18.8 Å². The SMILES string of the molecule is CCCCS(=O)(=O)N1CCC(C(=O)NC2CCCCCC2)CC1. The van der Waals surface area contributed by atoms with E-state index in [1.54, 1.807) is 4.31 Å². The first-order valence-corrected chi connectivity index (χ1v) is 10.9. The molecule has 1 amide bonds. The lowest BCUT2D eigenvalue weighted by Gasteiger charge is -2.31. The minimum Gasteiger partial charge on any atom is -0.353 e. The van der Waals surface area contributed by atoms with E-state index in [1.165, 1.54) is 25.7 Å². The number of nitrogens with zero attached hydrogens (tertiary/aromatic N) is 1. The Morgan fingerprint density at radius 2 is 1.65 bits per heavy atom. The maximum Gasteiger partial charge on any atom is 0.223 e. The fourth-order valence-corrected chi connectivity index (χ4v) is 5.27. The van der Waals surface area contributed by atoms with Crippen molar-refractivity contribution >= 4 is 15.9 Å². The topological polar surface area (TPSA) is 66.5 Å². The first-order valence-electron chi connectivity index (χ1n) is 9.31. The molecule has 1 heterocycles. The van der Waals surface area contributed by atoms with Crippen molar-refractivity contribution in [2.24, 2.45) is 5.92 Å². The first-order chi connectivity index (χ1) is 11.0. The second kappa shape index (κ2) is 9.02. The van der Waals surface area contributed by atoms with Gasteiger partial charge in [0.05, 0.1) is 5.75 Å². The monoisotopic (exact) mass is 344 g/mol. The Bertz CT molecular complexity index is 462. The number of carbonyl (C=O) groups is 1. The maximum absolute atomic E-state index is 12.4. The van der Waals surface area contributed by atoms with Crippen LogP contribution in [-0.4, -0.2) is 43.5 Å². The highest BCUT2D eigenvalue weighted by Gasteiger charge is 2.31. The van der Waals surface area contributed by atoms with E-state index < -0.39 is 10.0 Å². The Kier molecular flexibility index (Phi) is 7.34. The quantitative estimate of drug-likeness (QED) is 0.753. The van der Waals surface area contributed by atoms with Crippen molar-refractivity contribution in [1.29, 1.82) is 0 Å². The highest BCUT2D eigenvalue weighted by atomic mass is 32.2. The van der Waals surface area contributed by atoms with Crippen LogP contribution in [0.25, 0.3) is 0 Å². The normalized spacial score (nSPS) is 22.7. The third-order valence-electron chi connectivity index (χ3n) is 5.18. The number of unbranched alkanes of at least 4 members (excludes halogenated alkanes) is 1. The van der Waals surface area contributed by atoms with Gasteiger partial charge in [-0.3, -0.25) is 4.79 Å². The molecule has 0 aromatic rings. The van der Waals surface area contributed by atoms with E-state index in [2.05, 4.69) is 5.32 Å². The zero-order valence-corrected chi connectivity index (χ0v) is 15.2. The molecule has 0 atom stereocenters. The van der Waals surface area contributed by atoms with Gasteiger partial charge in [0.2, 0.25) is 15.9 Å². The van der Waals surface area contributed by atoms with Crippen LogP contribution < -0.4 is 5.32 Å². The van der Waals surface area contributed by atoms with E-state index >= 15 is 0 Å². The number of hydrogen-bond donors (Lipinski definition) is 1. The van der Waals surface area contributed by atoms with Gasteiger partial charge in [-0.25, -0.2) is 12.7 Å². The average molecular weight is 345 g/mol. The molecule has 0 radical (unpaired) electrons. The standard InChI is InChI=1S/C17H32N2O3S/c1-2-3-14-23(21,22)19-12-10-15(11-13-19)17(20)18-16-8-6-4-5-7-9-16/h15-16H,2-14H2,1H3,(H,18,20). The molecule has 5 nitrogen and oxygen atoms in total. The summed E-state index contributed by atoms with van der Waals surface area (Å²) in [6, 6.07) is 0.330. The number of amides is 1. The number of nitrogens with one attached hydrogen (secondary N) is 1. The lowest BCUT2D eigenvalue weighted by Crippen LogP contribution is -2.45. The molecule has 1 saturated carbocycles. The lowest BCUT2D eigenvalue weighted by atomic mass is 9.96. The number of sulfonamides is 1. The summed E-state index contributed by atoms with van der Waals surface area (Å²) in [4.78, 5) is 12.4. The van der Waals surface area contributed by atoms with E-state index in [0.717, 1.165) is 19.3 Å². The minimum atomic E-state index is -3.13. The molecule has 0 aromatic heterocycles. The summed E-state index contributed by atoms with van der Waals surface area (Å²) in [5.74, 6) is 0.362. The van der Waals surface area contributed by atoms with Crippen LogP contribution in [0.1, 0.15) is 71.1 Å². The number of carbonyl (C=O) groups excluding carboxylic acids is 1. The Labute approximate surface area is 141 Å². The third kappa shape index (κ3) is 5.75. The van der Waals surface area contributed by atoms with Gasteiger partial charge in [0.25, 0.3) is 0 Å². The molecule has 2 aliphatic rings. The number of piperidine rings is 1. The van der Waals surface area contributed by atoms with Gasteiger partial charge in [-0.1, -0.05) is 39.0 Å². The van der Waals surface area contributed by atoms with Crippen molar-refractivity contribution in [1.82, 2.24) is 9.62 Å². The molecule has 2 fully saturated rings. The smallest absolute Gasteiger partial charge is 0.223 e. The Morgan fingerprint density at radius 1 is 1.04 bits per heavy atom. The Hall–Kier alpha value is -0.620. The van der Waals surface area contributed by atoms with Gasteiger partial charge < -0.3 is 5.32 Å². The highest BCUT2D eigenvalue weighted by molar-refractivity contribution is 7.89. The molecular weight excluding hydrogens is 312 g/mol. The Morgan fingerprint density at radius 3 is 2.22 bits per heavy atom. The van der Waals surface area contributed by atoms with Gasteiger partial charge in [-0.2, -0.15) is 0 Å². The van der Waals surface area contributed by atoms with Crippen molar-refractivity contribution in [2.45, 2.75) is 77.2 Å². The van der Waals surface area contributed by atoms with Gasteiger partial charge in [0.1, 0.15) is 0 Å². The van der Waals surface area contributed by atoms with Gasteiger partial charge in [-0.15, -0.1) is 0 Å². The summed E-state index contributed by atoms with van der Waals surface area (Å²) in [6.07, 6.45) is 10.1. The summed E-state index contributed by atoms with van der Waals surface area (Å²) < 4.78 is 26.0. The van der Waals surface area contributed by atoms with E-state index in [1.807, 2.05) is 6.92 Å². The molecule has 0 bridgehead atoms. The van der Waals surface area contributed by atoms with Gasteiger partial charge >= 0.3 is 0 Å². The number of hydrogen-bond acceptors (Lipinski definition) is 3. The zero-order chi connectivity index (χ0) is 16.7. The molecule has 0 aromatic carbocycles. The molecule has 0 spiro atoms.